The van der Waals surface area contributed by atoms with Crippen LogP contribution in [0.4, 0.5) is 17.2 Å². The number of anilines is 1. The number of nitrogens with zero attached hydrogens (tertiary/aromatic N) is 5. The Morgan fingerprint density at radius 2 is 1.81 bits per heavy atom. The van der Waals surface area contributed by atoms with Crippen molar-refractivity contribution in [2.75, 3.05) is 19.5 Å². The van der Waals surface area contributed by atoms with Gasteiger partial charge in [-0.05, 0) is 26.1 Å². The Balaban J connectivity index is 2.19. The van der Waals surface area contributed by atoms with Gasteiger partial charge in [-0.3, -0.25) is 19.5 Å². The number of nitrogens with one attached hydrogen (secondary N) is 1. The van der Waals surface area contributed by atoms with Gasteiger partial charge in [0.1, 0.15) is 22.9 Å². The Morgan fingerprint density at radius 3 is 2.33 bits per heavy atom. The minimum Gasteiger partial charge on any atom is -0.495 e. The molecule has 0 fully saturated rings. The summed E-state index contributed by atoms with van der Waals surface area (Å²) in [4.78, 5) is 36.9. The molecule has 0 saturated heterocycles. The summed E-state index contributed by atoms with van der Waals surface area (Å²) >= 11 is 13.0. The monoisotopic (exact) mass is 532 g/mol. The number of aromatic nitrogens is 2. The van der Waals surface area contributed by atoms with Crippen LogP contribution in [0.3, 0.4) is 0 Å². The molecule has 0 atom stereocenters. The van der Waals surface area contributed by atoms with E-state index in [1.54, 1.807) is 26.0 Å². The number of ether oxygens (including phenoxy) is 2. The zero-order valence-corrected chi connectivity index (χ0v) is 21.6. The normalized spacial score (nSPS) is 11.2. The molecule has 2 aromatic carbocycles. The fourth-order valence-electron chi connectivity index (χ4n) is 3.46. The van der Waals surface area contributed by atoms with Gasteiger partial charge in [0.25, 0.3) is 11.2 Å². The number of aryl methyl sites for hydroxylation is 2. The van der Waals surface area contributed by atoms with Crippen molar-refractivity contribution in [2.24, 2.45) is 17.0 Å². The van der Waals surface area contributed by atoms with E-state index in [2.05, 4.69) is 27.0 Å². The molecule has 0 saturated carbocycles. The van der Waals surface area contributed by atoms with Crippen LogP contribution in [-0.4, -0.2) is 41.4 Å². The maximum atomic E-state index is 13.3. The van der Waals surface area contributed by atoms with E-state index in [0.717, 1.165) is 0 Å². The van der Waals surface area contributed by atoms with E-state index < -0.39 is 10.5 Å². The van der Waals surface area contributed by atoms with Crippen molar-refractivity contribution in [3.63, 3.8) is 0 Å². The molecule has 0 bridgehead atoms. The zero-order chi connectivity index (χ0) is 26.7. The summed E-state index contributed by atoms with van der Waals surface area (Å²) in [5.74, 6) is 0.563. The van der Waals surface area contributed by atoms with Crippen molar-refractivity contribution >= 4 is 53.1 Å². The first-order chi connectivity index (χ1) is 17.0. The van der Waals surface area contributed by atoms with E-state index in [4.69, 9.17) is 32.7 Å². The minimum absolute atomic E-state index is 0.0447. The fraction of sp³-hybridized carbons (Fsp3) is 0.217. The molecule has 0 spiro atoms. The third-order valence-electron chi connectivity index (χ3n) is 5.28. The van der Waals surface area contributed by atoms with Crippen molar-refractivity contribution in [3.05, 3.63) is 66.0 Å². The van der Waals surface area contributed by atoms with Crippen LogP contribution in [0.5, 0.6) is 11.5 Å². The summed E-state index contributed by atoms with van der Waals surface area (Å²) in [6, 6.07) is 6.12. The molecule has 0 aliphatic rings. The molecule has 3 rings (SSSR count). The number of para-hydroxylation sites is 1. The van der Waals surface area contributed by atoms with Crippen LogP contribution in [-0.2, 0) is 7.05 Å². The maximum absolute atomic E-state index is 13.3. The van der Waals surface area contributed by atoms with Crippen molar-refractivity contribution in [2.45, 2.75) is 13.8 Å². The number of rotatable bonds is 6. The highest BCUT2D eigenvalue weighted by Gasteiger charge is 2.24. The summed E-state index contributed by atoms with van der Waals surface area (Å²) in [5.41, 5.74) is 0.480. The van der Waals surface area contributed by atoms with Gasteiger partial charge in [-0.25, -0.2) is 9.98 Å². The van der Waals surface area contributed by atoms with Crippen LogP contribution in [0.25, 0.3) is 11.3 Å². The Bertz CT molecular complexity index is 1440. The highest BCUT2D eigenvalue weighted by atomic mass is 35.5. The first-order valence-electron chi connectivity index (χ1n) is 10.3. The predicted molar refractivity (Wildman–Crippen MR) is 141 cm³/mol. The van der Waals surface area contributed by atoms with Crippen molar-refractivity contribution in [3.8, 4) is 22.8 Å². The molecule has 0 aliphatic carbocycles. The molecule has 0 amide bonds. The lowest BCUT2D eigenvalue weighted by atomic mass is 10.1. The topological polar surface area (TPSA) is 133 Å². The molecule has 0 aliphatic heterocycles. The highest BCUT2D eigenvalue weighted by molar-refractivity contribution is 6.41. The summed E-state index contributed by atoms with van der Waals surface area (Å²) in [6.45, 7) is 6.80. The van der Waals surface area contributed by atoms with E-state index >= 15 is 0 Å². The average molecular weight is 533 g/mol. The van der Waals surface area contributed by atoms with Gasteiger partial charge >= 0.3 is 0 Å². The molecule has 1 N–H and O–H groups in total. The second-order valence-electron chi connectivity index (χ2n) is 7.46. The lowest BCUT2D eigenvalue weighted by molar-refractivity contribution is -0.383. The SMILES string of the molecule is C=N/C(=N\c1c(C)nc(-c2c(Cl)c(OC)cc(OC)c2Cl)c(=O)n1C)Nc1c(C)cccc1[N+](=O)[O-]. The standard InChI is InChI=1S/C23H22Cl2N6O5/c1-11-8-7-9-13(31(33)34)19(11)28-23(26-3)29-21-12(2)27-20(22(32)30(21)4)16-17(24)14(35-5)10-15(36-6)18(16)25/h7-10H,3H2,1-2,4-6H3,(H,28,29). The molecule has 13 heteroatoms. The second-order valence-corrected chi connectivity index (χ2v) is 8.22. The first-order valence-corrected chi connectivity index (χ1v) is 11.1. The number of benzene rings is 2. The van der Waals surface area contributed by atoms with Gasteiger partial charge in [0.05, 0.1) is 40.4 Å². The molecular weight excluding hydrogens is 511 g/mol. The quantitative estimate of drug-likeness (QED) is 0.202. The molecular formula is C23H22Cl2N6O5. The Hall–Kier alpha value is -3.96. The van der Waals surface area contributed by atoms with Crippen LogP contribution in [0.2, 0.25) is 10.0 Å². The number of hydrogen-bond acceptors (Lipinski definition) is 7. The molecule has 0 radical (unpaired) electrons. The van der Waals surface area contributed by atoms with E-state index in [9.17, 15) is 14.9 Å². The van der Waals surface area contributed by atoms with Gasteiger partial charge in [0.2, 0.25) is 5.96 Å². The van der Waals surface area contributed by atoms with Gasteiger partial charge < -0.3 is 14.8 Å². The number of methoxy groups -OCH3 is 2. The largest absolute Gasteiger partial charge is 0.495 e. The van der Waals surface area contributed by atoms with E-state index in [1.165, 1.54) is 38.0 Å². The van der Waals surface area contributed by atoms with Gasteiger partial charge in [-0.1, -0.05) is 35.3 Å². The minimum atomic E-state index is -0.566. The lowest BCUT2D eigenvalue weighted by Gasteiger charge is -2.16. The number of halogens is 2. The van der Waals surface area contributed by atoms with Crippen molar-refractivity contribution in [1.29, 1.82) is 0 Å². The molecule has 36 heavy (non-hydrogen) atoms. The Morgan fingerprint density at radius 1 is 1.19 bits per heavy atom. The molecule has 1 heterocycles. The second kappa shape index (κ2) is 10.8. The summed E-state index contributed by atoms with van der Waals surface area (Å²) in [6.07, 6.45) is 0. The van der Waals surface area contributed by atoms with Gasteiger partial charge in [0, 0.05) is 19.2 Å². The van der Waals surface area contributed by atoms with Crippen molar-refractivity contribution in [1.82, 2.24) is 9.55 Å². The Kier molecular flexibility index (Phi) is 7.96. The zero-order valence-electron chi connectivity index (χ0n) is 20.0. The highest BCUT2D eigenvalue weighted by Crippen LogP contribution is 2.44. The summed E-state index contributed by atoms with van der Waals surface area (Å²) in [5, 5.41) is 14.5. The molecule has 11 nitrogen and oxygen atoms in total. The van der Waals surface area contributed by atoms with Crippen LogP contribution < -0.4 is 20.3 Å². The smallest absolute Gasteiger partial charge is 0.293 e. The summed E-state index contributed by atoms with van der Waals surface area (Å²) < 4.78 is 11.8. The van der Waals surface area contributed by atoms with Gasteiger partial charge in [0.15, 0.2) is 5.82 Å². The van der Waals surface area contributed by atoms with Crippen LogP contribution in [0.15, 0.2) is 39.0 Å². The van der Waals surface area contributed by atoms with Crippen LogP contribution in [0.1, 0.15) is 11.3 Å². The predicted octanol–water partition coefficient (Wildman–Crippen LogP) is 5.10. The Labute approximate surface area is 216 Å². The lowest BCUT2D eigenvalue weighted by Crippen LogP contribution is -2.23. The summed E-state index contributed by atoms with van der Waals surface area (Å²) in [7, 11) is 4.32. The maximum Gasteiger partial charge on any atom is 0.293 e. The molecule has 1 aromatic heterocycles. The number of aliphatic imine (C=N–C) groups is 2. The average Bonchev–Trinajstić information content (AvgIpc) is 2.85. The van der Waals surface area contributed by atoms with E-state index in [-0.39, 0.29) is 56.0 Å². The number of nitro groups is 1. The number of hydrogen-bond donors (Lipinski definition) is 1. The van der Waals surface area contributed by atoms with Gasteiger partial charge in [-0.2, -0.15) is 4.99 Å². The third-order valence-corrected chi connectivity index (χ3v) is 6.03. The first kappa shape index (κ1) is 26.6. The molecule has 3 aromatic rings. The van der Waals surface area contributed by atoms with Crippen LogP contribution >= 0.6 is 23.2 Å². The van der Waals surface area contributed by atoms with Crippen molar-refractivity contribution < 1.29 is 14.4 Å². The fourth-order valence-corrected chi connectivity index (χ4v) is 4.14. The van der Waals surface area contributed by atoms with E-state index in [0.29, 0.717) is 11.3 Å². The van der Waals surface area contributed by atoms with Crippen LogP contribution in [0, 0.1) is 24.0 Å². The number of guanidine groups is 1. The van der Waals surface area contributed by atoms with Gasteiger partial charge in [-0.15, -0.1) is 0 Å². The third kappa shape index (κ3) is 4.88. The van der Waals surface area contributed by atoms with E-state index in [1.807, 2.05) is 0 Å². The number of nitro benzene ring substituents is 1. The molecule has 0 unspecified atom stereocenters. The molecule has 188 valence electrons.